The van der Waals surface area contributed by atoms with Gasteiger partial charge in [-0.3, -0.25) is 0 Å². The number of rotatable bonds is 6. The van der Waals surface area contributed by atoms with E-state index in [4.69, 9.17) is 5.11 Å². The summed E-state index contributed by atoms with van der Waals surface area (Å²) in [6.45, 7) is 8.29. The van der Waals surface area contributed by atoms with Crippen molar-refractivity contribution in [3.05, 3.63) is 0 Å². The highest BCUT2D eigenvalue weighted by Crippen LogP contribution is 2.05. The van der Waals surface area contributed by atoms with Crippen molar-refractivity contribution in [3.63, 3.8) is 0 Å². The van der Waals surface area contributed by atoms with Gasteiger partial charge in [0.05, 0.1) is 0 Å². The number of carbonyl (C=O) groups is 2. The third kappa shape index (κ3) is 5.56. The van der Waals surface area contributed by atoms with Crippen molar-refractivity contribution in [1.82, 2.24) is 10.2 Å². The summed E-state index contributed by atoms with van der Waals surface area (Å²) in [5.41, 5.74) is 0. The second-order valence-corrected chi connectivity index (χ2v) is 4.90. The van der Waals surface area contributed by atoms with E-state index >= 15 is 0 Å². The maximum atomic E-state index is 11.8. The predicted molar refractivity (Wildman–Crippen MR) is 66.9 cm³/mol. The summed E-state index contributed by atoms with van der Waals surface area (Å²) in [5, 5.41) is 11.5. The standard InChI is InChI=1S/C12H24N2O3/c1-6-9(4)7-14(5)12(17)13-10(8(2)3)11(15)16/h8-10H,6-7H2,1-5H3,(H,13,17)(H,15,16). The van der Waals surface area contributed by atoms with E-state index in [9.17, 15) is 9.59 Å². The molecule has 100 valence electrons. The van der Waals surface area contributed by atoms with Crippen molar-refractivity contribution in [2.75, 3.05) is 13.6 Å². The molecule has 0 aliphatic carbocycles. The molecule has 0 fully saturated rings. The highest BCUT2D eigenvalue weighted by molar-refractivity contribution is 5.82. The minimum atomic E-state index is -0.995. The third-order valence-electron chi connectivity index (χ3n) is 2.84. The van der Waals surface area contributed by atoms with Gasteiger partial charge in [-0.25, -0.2) is 9.59 Å². The molecule has 0 bridgehead atoms. The molecule has 0 saturated carbocycles. The highest BCUT2D eigenvalue weighted by atomic mass is 16.4. The maximum absolute atomic E-state index is 11.8. The van der Waals surface area contributed by atoms with Crippen LogP contribution in [0.2, 0.25) is 0 Å². The summed E-state index contributed by atoms with van der Waals surface area (Å²) in [6, 6.07) is -1.16. The van der Waals surface area contributed by atoms with Gasteiger partial charge in [-0.1, -0.05) is 34.1 Å². The largest absolute Gasteiger partial charge is 0.480 e. The smallest absolute Gasteiger partial charge is 0.326 e. The first-order chi connectivity index (χ1) is 7.79. The molecule has 0 radical (unpaired) electrons. The van der Waals surface area contributed by atoms with Crippen molar-refractivity contribution >= 4 is 12.0 Å². The van der Waals surface area contributed by atoms with Crippen molar-refractivity contribution in [2.24, 2.45) is 11.8 Å². The number of amides is 2. The van der Waals surface area contributed by atoms with E-state index in [0.29, 0.717) is 12.5 Å². The number of nitrogens with one attached hydrogen (secondary N) is 1. The van der Waals surface area contributed by atoms with E-state index < -0.39 is 12.0 Å². The fraction of sp³-hybridized carbons (Fsp3) is 0.833. The van der Waals surface area contributed by atoms with Crippen molar-refractivity contribution in [3.8, 4) is 0 Å². The second-order valence-electron chi connectivity index (χ2n) is 4.90. The number of hydrogen-bond donors (Lipinski definition) is 2. The zero-order valence-corrected chi connectivity index (χ0v) is 11.4. The summed E-state index contributed by atoms with van der Waals surface area (Å²) in [4.78, 5) is 24.2. The van der Waals surface area contributed by atoms with Gasteiger partial charge in [0.15, 0.2) is 0 Å². The van der Waals surface area contributed by atoms with Gasteiger partial charge in [-0.15, -0.1) is 0 Å². The zero-order valence-electron chi connectivity index (χ0n) is 11.4. The fourth-order valence-electron chi connectivity index (χ4n) is 1.44. The van der Waals surface area contributed by atoms with Gasteiger partial charge in [0.25, 0.3) is 0 Å². The molecule has 2 N–H and O–H groups in total. The molecular formula is C12H24N2O3. The Morgan fingerprint density at radius 2 is 1.82 bits per heavy atom. The summed E-state index contributed by atoms with van der Waals surface area (Å²) in [7, 11) is 1.68. The molecule has 0 spiro atoms. The molecule has 0 aromatic heterocycles. The Morgan fingerprint density at radius 3 is 2.18 bits per heavy atom. The number of hydrogen-bond acceptors (Lipinski definition) is 2. The summed E-state index contributed by atoms with van der Waals surface area (Å²) in [6.07, 6.45) is 0.990. The Hall–Kier alpha value is -1.26. The van der Waals surface area contributed by atoms with Gasteiger partial charge in [-0.2, -0.15) is 0 Å². The molecule has 0 aromatic carbocycles. The second kappa shape index (κ2) is 7.14. The normalized spacial score (nSPS) is 14.2. The van der Waals surface area contributed by atoms with Gasteiger partial charge >= 0.3 is 12.0 Å². The average molecular weight is 244 g/mol. The Labute approximate surface area is 103 Å². The predicted octanol–water partition coefficient (Wildman–Crippen LogP) is 1.78. The first kappa shape index (κ1) is 15.7. The van der Waals surface area contributed by atoms with E-state index in [1.54, 1.807) is 20.9 Å². The fourth-order valence-corrected chi connectivity index (χ4v) is 1.44. The lowest BCUT2D eigenvalue weighted by Gasteiger charge is -2.25. The summed E-state index contributed by atoms with van der Waals surface area (Å²) < 4.78 is 0. The molecule has 5 nitrogen and oxygen atoms in total. The van der Waals surface area contributed by atoms with Gasteiger partial charge in [0.1, 0.15) is 6.04 Å². The van der Waals surface area contributed by atoms with E-state index in [0.717, 1.165) is 6.42 Å². The van der Waals surface area contributed by atoms with Crippen LogP contribution >= 0.6 is 0 Å². The molecule has 0 saturated heterocycles. The Morgan fingerprint density at radius 1 is 1.29 bits per heavy atom. The molecule has 2 atom stereocenters. The van der Waals surface area contributed by atoms with Crippen LogP contribution in [0.3, 0.4) is 0 Å². The first-order valence-electron chi connectivity index (χ1n) is 6.04. The van der Waals surface area contributed by atoms with Crippen LogP contribution < -0.4 is 5.32 Å². The van der Waals surface area contributed by atoms with E-state index in [2.05, 4.69) is 19.2 Å². The third-order valence-corrected chi connectivity index (χ3v) is 2.84. The lowest BCUT2D eigenvalue weighted by atomic mass is 10.1. The SMILES string of the molecule is CCC(C)CN(C)C(=O)NC(C(=O)O)C(C)C. The van der Waals surface area contributed by atoms with Crippen LogP contribution in [0.4, 0.5) is 4.79 Å². The van der Waals surface area contributed by atoms with Crippen molar-refractivity contribution < 1.29 is 14.7 Å². The zero-order chi connectivity index (χ0) is 13.6. The number of carboxylic acid groups (broad SMARTS) is 1. The van der Waals surface area contributed by atoms with Crippen LogP contribution in [0, 0.1) is 11.8 Å². The molecule has 0 heterocycles. The quantitative estimate of drug-likeness (QED) is 0.748. The minimum absolute atomic E-state index is 0.131. The van der Waals surface area contributed by atoms with Gasteiger partial charge < -0.3 is 15.3 Å². The van der Waals surface area contributed by atoms with Crippen LogP contribution in [0.25, 0.3) is 0 Å². The topological polar surface area (TPSA) is 69.6 Å². The van der Waals surface area contributed by atoms with E-state index in [-0.39, 0.29) is 11.9 Å². The van der Waals surface area contributed by atoms with Gasteiger partial charge in [0, 0.05) is 13.6 Å². The Kier molecular flexibility index (Phi) is 6.61. The highest BCUT2D eigenvalue weighted by Gasteiger charge is 2.24. The number of nitrogens with zero attached hydrogens (tertiary/aromatic N) is 1. The van der Waals surface area contributed by atoms with Crippen LogP contribution in [-0.4, -0.2) is 41.6 Å². The van der Waals surface area contributed by atoms with Crippen LogP contribution in [0.1, 0.15) is 34.1 Å². The van der Waals surface area contributed by atoms with E-state index in [1.807, 2.05) is 0 Å². The molecule has 0 aliphatic rings. The molecule has 2 unspecified atom stereocenters. The van der Waals surface area contributed by atoms with Crippen LogP contribution in [-0.2, 0) is 4.79 Å². The number of carboxylic acids is 1. The molecule has 17 heavy (non-hydrogen) atoms. The lowest BCUT2D eigenvalue weighted by Crippen LogP contribution is -2.49. The van der Waals surface area contributed by atoms with Gasteiger partial charge in [-0.05, 0) is 11.8 Å². The number of urea groups is 1. The maximum Gasteiger partial charge on any atom is 0.326 e. The van der Waals surface area contributed by atoms with Crippen molar-refractivity contribution in [2.45, 2.75) is 40.2 Å². The first-order valence-corrected chi connectivity index (χ1v) is 6.04. The van der Waals surface area contributed by atoms with Crippen LogP contribution in [0.5, 0.6) is 0 Å². The monoisotopic (exact) mass is 244 g/mol. The number of aliphatic carboxylic acids is 1. The molecule has 0 aliphatic heterocycles. The molecule has 0 rings (SSSR count). The lowest BCUT2D eigenvalue weighted by molar-refractivity contribution is -0.140. The number of carbonyl (C=O) groups excluding carboxylic acids is 1. The van der Waals surface area contributed by atoms with Crippen molar-refractivity contribution in [1.29, 1.82) is 0 Å². The molecule has 2 amide bonds. The summed E-state index contributed by atoms with van der Waals surface area (Å²) in [5.74, 6) is -0.716. The molecule has 0 aromatic rings. The Balaban J connectivity index is 4.36. The Bertz CT molecular complexity index is 266. The van der Waals surface area contributed by atoms with Crippen LogP contribution in [0.15, 0.2) is 0 Å². The van der Waals surface area contributed by atoms with Gasteiger partial charge in [0.2, 0.25) is 0 Å². The molecule has 5 heteroatoms. The van der Waals surface area contributed by atoms with E-state index in [1.165, 1.54) is 4.90 Å². The molecular weight excluding hydrogens is 220 g/mol. The summed E-state index contributed by atoms with van der Waals surface area (Å²) >= 11 is 0. The minimum Gasteiger partial charge on any atom is -0.480 e. The average Bonchev–Trinajstić information content (AvgIpc) is 2.23.